The van der Waals surface area contributed by atoms with Crippen LogP contribution in [0.25, 0.3) is 10.4 Å². The van der Waals surface area contributed by atoms with Gasteiger partial charge in [0.25, 0.3) is 0 Å². The number of nitrogens with two attached hydrogens (primary N) is 2. The Balaban J connectivity index is 4.11. The zero-order valence-electron chi connectivity index (χ0n) is 5.81. The van der Waals surface area contributed by atoms with Crippen LogP contribution < -0.4 is 11.5 Å². The third-order valence-corrected chi connectivity index (χ3v) is 0.643. The summed E-state index contributed by atoms with van der Waals surface area (Å²) in [4.78, 5) is 5.92. The lowest BCUT2D eigenvalue weighted by Crippen LogP contribution is -2.05. The molecule has 11 heavy (non-hydrogen) atoms. The van der Waals surface area contributed by atoms with E-state index in [0.29, 0.717) is 5.70 Å². The van der Waals surface area contributed by atoms with Crippen LogP contribution in [0, 0.1) is 0 Å². The van der Waals surface area contributed by atoms with E-state index in [4.69, 9.17) is 17.0 Å². The fraction of sp³-hybridized carbons (Fsp3) is 0. The van der Waals surface area contributed by atoms with Crippen LogP contribution in [-0.2, 0) is 0 Å². The van der Waals surface area contributed by atoms with E-state index in [-0.39, 0.29) is 5.96 Å². The first-order valence-corrected chi connectivity index (χ1v) is 2.66. The van der Waals surface area contributed by atoms with Crippen LogP contribution in [0.4, 0.5) is 0 Å². The average Bonchev–Trinajstić information content (AvgIpc) is 1.87. The Morgan fingerprint density at radius 3 is 2.64 bits per heavy atom. The zero-order valence-corrected chi connectivity index (χ0v) is 5.81. The van der Waals surface area contributed by atoms with Crippen LogP contribution in [0.15, 0.2) is 34.7 Å². The van der Waals surface area contributed by atoms with Crippen molar-refractivity contribution < 1.29 is 0 Å². The van der Waals surface area contributed by atoms with Crippen molar-refractivity contribution in [3.8, 4) is 0 Å². The van der Waals surface area contributed by atoms with Crippen LogP contribution in [0.2, 0.25) is 0 Å². The highest BCUT2D eigenvalue weighted by atomic mass is 15.2. The Bertz CT molecular complexity index is 244. The van der Waals surface area contributed by atoms with Gasteiger partial charge in [0, 0.05) is 16.8 Å². The van der Waals surface area contributed by atoms with E-state index in [9.17, 15) is 0 Å². The second kappa shape index (κ2) is 4.89. The number of nitrogens with zero attached hydrogens (tertiary/aromatic N) is 4. The predicted molar refractivity (Wildman–Crippen MR) is 43.2 cm³/mol. The molecule has 0 rings (SSSR count). The van der Waals surface area contributed by atoms with Crippen molar-refractivity contribution in [2.75, 3.05) is 0 Å². The maximum absolute atomic E-state index is 7.88. The van der Waals surface area contributed by atoms with Crippen LogP contribution in [0.3, 0.4) is 0 Å². The number of azide groups is 1. The highest BCUT2D eigenvalue weighted by molar-refractivity contribution is 5.79. The molecule has 0 aromatic rings. The standard InChI is InChI=1S/C5H8N6/c1-4(6)2-3-9-5(7)10-11-8/h2-3H,1,6H2,(H2,7,9)/b3-2-. The molecule has 0 atom stereocenters. The number of hydrogen-bond donors (Lipinski definition) is 2. The van der Waals surface area contributed by atoms with Crippen molar-refractivity contribution in [3.63, 3.8) is 0 Å². The zero-order chi connectivity index (χ0) is 8.69. The molecule has 6 nitrogen and oxygen atoms in total. The molecule has 0 fully saturated rings. The second-order valence-electron chi connectivity index (χ2n) is 1.57. The smallest absolute Gasteiger partial charge is 0.187 e. The van der Waals surface area contributed by atoms with Gasteiger partial charge in [0.2, 0.25) is 0 Å². The number of guanidine groups is 1. The molecule has 0 heterocycles. The fourth-order valence-corrected chi connectivity index (χ4v) is 0.281. The molecule has 0 amide bonds. The Labute approximate surface area is 63.5 Å². The molecule has 6 heteroatoms. The molecule has 0 aromatic carbocycles. The Kier molecular flexibility index (Phi) is 4.03. The van der Waals surface area contributed by atoms with E-state index >= 15 is 0 Å². The van der Waals surface area contributed by atoms with Crippen LogP contribution in [0.5, 0.6) is 0 Å². The summed E-state index contributed by atoms with van der Waals surface area (Å²) < 4.78 is 0. The maximum Gasteiger partial charge on any atom is 0.187 e. The number of aliphatic imine (C=N–C) groups is 1. The van der Waals surface area contributed by atoms with Gasteiger partial charge in [0.15, 0.2) is 5.96 Å². The minimum atomic E-state index is -0.162. The summed E-state index contributed by atoms with van der Waals surface area (Å²) in [6, 6.07) is 0. The molecule has 0 spiro atoms. The molecule has 58 valence electrons. The average molecular weight is 152 g/mol. The van der Waals surface area contributed by atoms with Crippen LogP contribution in [0.1, 0.15) is 0 Å². The minimum Gasteiger partial charge on any atom is -0.399 e. The summed E-state index contributed by atoms with van der Waals surface area (Å²) in [6.45, 7) is 3.38. The van der Waals surface area contributed by atoms with Crippen molar-refractivity contribution in [2.24, 2.45) is 21.6 Å². The molecule has 0 saturated heterocycles. The van der Waals surface area contributed by atoms with Crippen LogP contribution in [-0.4, -0.2) is 5.96 Å². The number of hydrogen-bond acceptors (Lipinski definition) is 2. The normalized spacial score (nSPS) is 11.1. The quantitative estimate of drug-likeness (QED) is 0.151. The van der Waals surface area contributed by atoms with E-state index in [0.717, 1.165) is 0 Å². The van der Waals surface area contributed by atoms with Crippen molar-refractivity contribution >= 4 is 5.96 Å². The topological polar surface area (TPSA) is 113 Å². The molecule has 0 aromatic heterocycles. The molecule has 0 bridgehead atoms. The van der Waals surface area contributed by atoms with Crippen molar-refractivity contribution in [1.29, 1.82) is 0 Å². The van der Waals surface area contributed by atoms with E-state index in [1.54, 1.807) is 0 Å². The third kappa shape index (κ3) is 5.94. The molecule has 4 N–H and O–H groups in total. The third-order valence-electron chi connectivity index (χ3n) is 0.643. The van der Waals surface area contributed by atoms with E-state index in [1.807, 2.05) is 0 Å². The largest absolute Gasteiger partial charge is 0.399 e. The minimum absolute atomic E-state index is 0.162. The summed E-state index contributed by atoms with van der Waals surface area (Å²) in [7, 11) is 0. The molecule has 0 unspecified atom stereocenters. The predicted octanol–water partition coefficient (Wildman–Crippen LogP) is 0.598. The molecule has 0 aliphatic carbocycles. The van der Waals surface area contributed by atoms with Crippen molar-refractivity contribution in [2.45, 2.75) is 0 Å². The Hall–Kier alpha value is -1.94. The van der Waals surface area contributed by atoms with Gasteiger partial charge in [-0.05, 0) is 16.7 Å². The van der Waals surface area contributed by atoms with Gasteiger partial charge >= 0.3 is 0 Å². The lowest BCUT2D eigenvalue weighted by atomic mass is 10.5. The summed E-state index contributed by atoms with van der Waals surface area (Å²) in [5, 5.41) is 3.01. The van der Waals surface area contributed by atoms with Crippen molar-refractivity contribution in [1.82, 2.24) is 0 Å². The fourth-order valence-electron chi connectivity index (χ4n) is 0.281. The summed E-state index contributed by atoms with van der Waals surface area (Å²) in [5.74, 6) is -0.162. The monoisotopic (exact) mass is 152 g/mol. The number of allylic oxidation sites excluding steroid dienone is 1. The summed E-state index contributed by atoms with van der Waals surface area (Å²) >= 11 is 0. The van der Waals surface area contributed by atoms with E-state index in [2.05, 4.69) is 21.6 Å². The highest BCUT2D eigenvalue weighted by Gasteiger charge is 1.78. The molecule has 0 aliphatic rings. The molecular weight excluding hydrogens is 144 g/mol. The lowest BCUT2D eigenvalue weighted by Gasteiger charge is -1.84. The van der Waals surface area contributed by atoms with Gasteiger partial charge in [-0.15, -0.1) is 0 Å². The van der Waals surface area contributed by atoms with Crippen molar-refractivity contribution in [3.05, 3.63) is 35.0 Å². The molecular formula is C5H8N6. The van der Waals surface area contributed by atoms with Gasteiger partial charge in [0.05, 0.1) is 0 Å². The van der Waals surface area contributed by atoms with Gasteiger partial charge in [0.1, 0.15) is 0 Å². The SMILES string of the molecule is C=C(N)/C=C\N=C(\N)N=[N+]=[N-]. The second-order valence-corrected chi connectivity index (χ2v) is 1.57. The van der Waals surface area contributed by atoms with E-state index in [1.165, 1.54) is 12.3 Å². The molecule has 0 saturated carbocycles. The van der Waals surface area contributed by atoms with Gasteiger partial charge in [-0.2, -0.15) is 0 Å². The summed E-state index contributed by atoms with van der Waals surface area (Å²) in [6.07, 6.45) is 2.73. The lowest BCUT2D eigenvalue weighted by molar-refractivity contribution is 1.37. The maximum atomic E-state index is 7.88. The molecule has 0 radical (unpaired) electrons. The van der Waals surface area contributed by atoms with Gasteiger partial charge in [-0.3, -0.25) is 0 Å². The van der Waals surface area contributed by atoms with Gasteiger partial charge < -0.3 is 11.5 Å². The van der Waals surface area contributed by atoms with E-state index < -0.39 is 0 Å². The first kappa shape index (κ1) is 9.06. The van der Waals surface area contributed by atoms with Gasteiger partial charge in [-0.1, -0.05) is 6.58 Å². The summed E-state index contributed by atoms with van der Waals surface area (Å²) in [5.41, 5.74) is 18.5. The van der Waals surface area contributed by atoms with Crippen LogP contribution >= 0.6 is 0 Å². The first-order valence-electron chi connectivity index (χ1n) is 2.66. The number of rotatable bonds is 2. The Morgan fingerprint density at radius 2 is 2.18 bits per heavy atom. The molecule has 0 aliphatic heterocycles. The first-order chi connectivity index (χ1) is 5.16. The Morgan fingerprint density at radius 1 is 1.55 bits per heavy atom. The highest BCUT2D eigenvalue weighted by Crippen LogP contribution is 1.82. The van der Waals surface area contributed by atoms with Gasteiger partial charge in [-0.25, -0.2) is 4.99 Å².